The van der Waals surface area contributed by atoms with Crippen LogP contribution in [-0.2, 0) is 12.3 Å². The maximum absolute atomic E-state index is 12.1. The summed E-state index contributed by atoms with van der Waals surface area (Å²) in [5.74, 6) is 1.58. The Balaban J connectivity index is 0.00000160. The van der Waals surface area contributed by atoms with E-state index in [0.717, 1.165) is 42.0 Å². The van der Waals surface area contributed by atoms with Gasteiger partial charge in [0.2, 0.25) is 0 Å². The van der Waals surface area contributed by atoms with Crippen molar-refractivity contribution in [2.24, 2.45) is 0 Å². The van der Waals surface area contributed by atoms with Crippen molar-refractivity contribution in [3.05, 3.63) is 59.2 Å². The highest BCUT2D eigenvalue weighted by Gasteiger charge is 2.27. The molecule has 30 heavy (non-hydrogen) atoms. The molecule has 8 heteroatoms. The fourth-order valence-electron chi connectivity index (χ4n) is 4.10. The molecule has 2 N–H and O–H groups in total. The van der Waals surface area contributed by atoms with Crippen LogP contribution in [0.25, 0.3) is 0 Å². The van der Waals surface area contributed by atoms with Gasteiger partial charge >= 0.3 is 0 Å². The van der Waals surface area contributed by atoms with Gasteiger partial charge in [-0.3, -0.25) is 4.79 Å². The van der Waals surface area contributed by atoms with Crippen LogP contribution >= 0.6 is 36.6 Å². The summed E-state index contributed by atoms with van der Waals surface area (Å²) in [6, 6.07) is 15.5. The summed E-state index contributed by atoms with van der Waals surface area (Å²) < 4.78 is 5.66. The van der Waals surface area contributed by atoms with Gasteiger partial charge in [0, 0.05) is 42.7 Å². The van der Waals surface area contributed by atoms with Crippen LogP contribution in [0.2, 0.25) is 0 Å². The van der Waals surface area contributed by atoms with E-state index in [1.807, 2.05) is 7.05 Å². The van der Waals surface area contributed by atoms with Gasteiger partial charge in [0.15, 0.2) is 0 Å². The number of ether oxygens (including phenoxy) is 1. The van der Waals surface area contributed by atoms with E-state index in [0.29, 0.717) is 24.4 Å². The second-order valence-corrected chi connectivity index (χ2v) is 8.31. The summed E-state index contributed by atoms with van der Waals surface area (Å²) >= 11 is 1.34. The Hall–Kier alpha value is -1.44. The third kappa shape index (κ3) is 5.24. The first-order chi connectivity index (χ1) is 13.7. The Bertz CT molecular complexity index is 854. The molecule has 1 saturated heterocycles. The zero-order chi connectivity index (χ0) is 19.5. The van der Waals surface area contributed by atoms with E-state index in [-0.39, 0.29) is 30.1 Å². The van der Waals surface area contributed by atoms with Crippen molar-refractivity contribution >= 4 is 47.5 Å². The highest BCUT2D eigenvalue weighted by atomic mass is 35.5. The van der Waals surface area contributed by atoms with Crippen molar-refractivity contribution in [2.45, 2.75) is 37.2 Å². The molecule has 164 valence electrons. The largest absolute Gasteiger partial charge is 0.496 e. The summed E-state index contributed by atoms with van der Waals surface area (Å²) in [5, 5.41) is 7.50. The third-order valence-electron chi connectivity index (χ3n) is 5.64. The maximum atomic E-state index is 12.1. The van der Waals surface area contributed by atoms with Crippen molar-refractivity contribution in [3.63, 3.8) is 0 Å². The molecule has 0 saturated carbocycles. The maximum Gasteiger partial charge on any atom is 0.286 e. The number of anilines is 1. The van der Waals surface area contributed by atoms with Crippen molar-refractivity contribution in [1.29, 1.82) is 0 Å². The van der Waals surface area contributed by atoms with E-state index in [2.05, 4.69) is 53.1 Å². The summed E-state index contributed by atoms with van der Waals surface area (Å²) in [7, 11) is 3.55. The van der Waals surface area contributed by atoms with Gasteiger partial charge in [-0.1, -0.05) is 42.1 Å². The number of carbonyl (C=O) groups is 1. The average Bonchev–Trinajstić information content (AvgIpc) is 2.75. The molecule has 4 rings (SSSR count). The van der Waals surface area contributed by atoms with Gasteiger partial charge in [-0.25, -0.2) is 0 Å². The number of benzene rings is 2. The van der Waals surface area contributed by atoms with Crippen LogP contribution in [0.5, 0.6) is 5.75 Å². The lowest BCUT2D eigenvalue weighted by atomic mass is 9.92. The van der Waals surface area contributed by atoms with E-state index < -0.39 is 0 Å². The normalized spacial score (nSPS) is 20.6. The number of piperidine rings is 1. The topological polar surface area (TPSA) is 53.6 Å². The second kappa shape index (κ2) is 11.3. The van der Waals surface area contributed by atoms with Crippen LogP contribution in [0.4, 0.5) is 10.5 Å². The Morgan fingerprint density at radius 2 is 2.00 bits per heavy atom. The number of hydrogen-bond donors (Lipinski definition) is 2. The van der Waals surface area contributed by atoms with E-state index >= 15 is 0 Å². The molecule has 0 aromatic heterocycles. The summed E-state index contributed by atoms with van der Waals surface area (Å²) in [6.45, 7) is 1.76. The Morgan fingerprint density at radius 3 is 2.73 bits per heavy atom. The smallest absolute Gasteiger partial charge is 0.286 e. The number of hydrogen-bond acceptors (Lipinski definition) is 5. The minimum Gasteiger partial charge on any atom is -0.496 e. The number of halogens is 2. The molecule has 5 nitrogen and oxygen atoms in total. The van der Waals surface area contributed by atoms with Gasteiger partial charge in [-0.2, -0.15) is 0 Å². The number of nitrogens with zero attached hydrogens (tertiary/aromatic N) is 1. The lowest BCUT2D eigenvalue weighted by Gasteiger charge is -2.34. The molecule has 1 fully saturated rings. The van der Waals surface area contributed by atoms with Crippen LogP contribution in [0.1, 0.15) is 35.6 Å². The number of fused-ring (bicyclic) bond motifs is 1. The van der Waals surface area contributed by atoms with Gasteiger partial charge in [-0.15, -0.1) is 24.8 Å². The number of rotatable bonds is 5. The highest BCUT2D eigenvalue weighted by molar-refractivity contribution is 8.13. The lowest BCUT2D eigenvalue weighted by molar-refractivity contribution is 0.266. The first-order valence-electron chi connectivity index (χ1n) is 9.79. The molecule has 1 amide bonds. The molecule has 2 heterocycles. The Labute approximate surface area is 195 Å². The fourth-order valence-corrected chi connectivity index (χ4v) is 4.91. The zero-order valence-electron chi connectivity index (χ0n) is 17.2. The summed E-state index contributed by atoms with van der Waals surface area (Å²) in [6.07, 6.45) is 2.30. The monoisotopic (exact) mass is 469 g/mol. The minimum atomic E-state index is 0. The second-order valence-electron chi connectivity index (χ2n) is 7.38. The van der Waals surface area contributed by atoms with Gasteiger partial charge in [0.1, 0.15) is 5.75 Å². The Kier molecular flexibility index (Phi) is 9.31. The molecule has 0 radical (unpaired) electrons. The number of carbonyl (C=O) groups excluding carboxylic acids is 1. The van der Waals surface area contributed by atoms with E-state index in [1.54, 1.807) is 12.0 Å². The van der Waals surface area contributed by atoms with Crippen LogP contribution in [0, 0.1) is 0 Å². The molecule has 2 aromatic rings. The predicted molar refractivity (Wildman–Crippen MR) is 130 cm³/mol. The van der Waals surface area contributed by atoms with Crippen molar-refractivity contribution < 1.29 is 9.53 Å². The molecule has 2 aliphatic rings. The minimum absolute atomic E-state index is 0. The van der Waals surface area contributed by atoms with Crippen molar-refractivity contribution in [3.8, 4) is 5.75 Å². The molecule has 0 spiro atoms. The van der Waals surface area contributed by atoms with E-state index in [4.69, 9.17) is 4.74 Å². The molecule has 0 aliphatic carbocycles. The molecule has 2 aromatic carbocycles. The Morgan fingerprint density at radius 1 is 1.23 bits per heavy atom. The lowest BCUT2D eigenvalue weighted by Crippen LogP contribution is -2.45. The molecule has 0 bridgehead atoms. The quantitative estimate of drug-likeness (QED) is 0.650. The SMILES string of the molecule is COc1cc2c(cc1CN[C@H]1CCCN[C@H]1c1ccccc1)N(C)C(=O)SC2.Cl.Cl. The van der Waals surface area contributed by atoms with Crippen LogP contribution < -0.4 is 20.3 Å². The average molecular weight is 470 g/mol. The summed E-state index contributed by atoms with van der Waals surface area (Å²) in [5.41, 5.74) is 4.54. The van der Waals surface area contributed by atoms with Crippen LogP contribution in [0.15, 0.2) is 42.5 Å². The predicted octanol–water partition coefficient (Wildman–Crippen LogP) is 4.92. The van der Waals surface area contributed by atoms with Crippen molar-refractivity contribution in [2.75, 3.05) is 25.6 Å². The van der Waals surface area contributed by atoms with Gasteiger partial charge in [0.05, 0.1) is 7.11 Å². The number of thioether (sulfide) groups is 1. The van der Waals surface area contributed by atoms with Crippen LogP contribution in [0.3, 0.4) is 0 Å². The molecule has 2 aliphatic heterocycles. The van der Waals surface area contributed by atoms with Gasteiger partial charge < -0.3 is 20.3 Å². The molecule has 0 unspecified atom stereocenters. The third-order valence-corrected chi connectivity index (χ3v) is 6.62. The van der Waals surface area contributed by atoms with E-state index in [9.17, 15) is 4.79 Å². The van der Waals surface area contributed by atoms with Crippen LogP contribution in [-0.4, -0.2) is 32.0 Å². The molecular formula is C22H29Cl2N3O2S. The van der Waals surface area contributed by atoms with Gasteiger partial charge in [-0.05, 0) is 42.6 Å². The molecule has 2 atom stereocenters. The number of methoxy groups -OCH3 is 1. The van der Waals surface area contributed by atoms with Crippen molar-refractivity contribution in [1.82, 2.24) is 10.6 Å². The van der Waals surface area contributed by atoms with E-state index in [1.165, 1.54) is 17.3 Å². The zero-order valence-corrected chi connectivity index (χ0v) is 19.7. The number of nitrogens with one attached hydrogen (secondary N) is 2. The van der Waals surface area contributed by atoms with Gasteiger partial charge in [0.25, 0.3) is 5.24 Å². The fraction of sp³-hybridized carbons (Fsp3) is 0.409. The highest BCUT2D eigenvalue weighted by Crippen LogP contribution is 2.37. The number of amides is 1. The standard InChI is InChI=1S/C22H27N3O2S.2ClH/c1-25-19-11-16(20(27-2)12-17(19)14-28-22(25)26)13-24-18-9-6-10-23-21(18)15-7-4-3-5-8-15;;/h3-5,7-8,11-12,18,21,23-24H,6,9-10,13-14H2,1-2H3;2*1H/t18-,21-;;/m0../s1. The first-order valence-corrected chi connectivity index (χ1v) is 10.8. The first kappa shape index (κ1) is 24.8. The molecular weight excluding hydrogens is 441 g/mol. The summed E-state index contributed by atoms with van der Waals surface area (Å²) in [4.78, 5) is 13.8.